The topological polar surface area (TPSA) is 52.5 Å². The number of hydrogen-bond acceptors (Lipinski definition) is 3. The van der Waals surface area contributed by atoms with Crippen molar-refractivity contribution in [3.05, 3.63) is 46.6 Å². The molecule has 5 rings (SSSR count). The highest BCUT2D eigenvalue weighted by molar-refractivity contribution is 6.32. The highest BCUT2D eigenvalue weighted by Gasteiger charge is 2.26. The smallest absolute Gasteiger partial charge is 0.268 e. The molecule has 1 aromatic heterocycles. The van der Waals surface area contributed by atoms with Crippen LogP contribution in [0, 0.1) is 6.92 Å². The molecule has 1 N–H and O–H groups in total. The second-order valence-electron chi connectivity index (χ2n) is 6.30. The van der Waals surface area contributed by atoms with Crippen LogP contribution in [0.5, 0.6) is 11.5 Å². The first-order chi connectivity index (χ1) is 12.1. The van der Waals surface area contributed by atoms with Crippen LogP contribution in [0.1, 0.15) is 16.1 Å². The Hall–Kier alpha value is -2.66. The monoisotopic (exact) mass is 354 g/mol. The van der Waals surface area contributed by atoms with Crippen LogP contribution in [0.4, 0.5) is 0 Å². The highest BCUT2D eigenvalue weighted by Crippen LogP contribution is 2.41. The number of rotatable bonds is 1. The molecule has 6 heteroatoms. The van der Waals surface area contributed by atoms with Crippen LogP contribution in [0.3, 0.4) is 0 Å². The van der Waals surface area contributed by atoms with E-state index >= 15 is 0 Å². The van der Waals surface area contributed by atoms with Gasteiger partial charge in [0.05, 0.1) is 5.52 Å². The van der Waals surface area contributed by atoms with Crippen molar-refractivity contribution in [1.82, 2.24) is 9.88 Å². The molecule has 2 aromatic carbocycles. The minimum atomic E-state index is -0.0345. The molecule has 0 fully saturated rings. The van der Waals surface area contributed by atoms with E-state index in [0.717, 1.165) is 45.6 Å². The minimum absolute atomic E-state index is 0.0345. The first-order valence-corrected chi connectivity index (χ1v) is 8.52. The minimum Gasteiger partial charge on any atom is -0.454 e. The van der Waals surface area contributed by atoms with Crippen molar-refractivity contribution >= 4 is 28.4 Å². The van der Waals surface area contributed by atoms with Gasteiger partial charge in [0.1, 0.15) is 5.69 Å². The fourth-order valence-corrected chi connectivity index (χ4v) is 4.00. The van der Waals surface area contributed by atoms with Crippen molar-refractivity contribution in [3.63, 3.8) is 0 Å². The predicted octanol–water partition coefficient (Wildman–Crippen LogP) is 3.74. The molecule has 25 heavy (non-hydrogen) atoms. The summed E-state index contributed by atoms with van der Waals surface area (Å²) in [7, 11) is 0. The molecule has 0 atom stereocenters. The molecular formula is C19H15ClN2O3. The lowest BCUT2D eigenvalue weighted by Gasteiger charge is -2.18. The van der Waals surface area contributed by atoms with Gasteiger partial charge in [0, 0.05) is 29.1 Å². The maximum Gasteiger partial charge on any atom is 0.268 e. The van der Waals surface area contributed by atoms with Crippen LogP contribution in [0.15, 0.2) is 30.3 Å². The number of carbonyl (C=O) groups excluding carboxylic acids is 1. The average molecular weight is 355 g/mol. The summed E-state index contributed by atoms with van der Waals surface area (Å²) in [4.78, 5) is 12.4. The van der Waals surface area contributed by atoms with Crippen molar-refractivity contribution < 1.29 is 14.3 Å². The van der Waals surface area contributed by atoms with E-state index in [-0.39, 0.29) is 12.7 Å². The molecule has 0 radical (unpaired) electrons. The van der Waals surface area contributed by atoms with Crippen LogP contribution in [0.2, 0.25) is 5.02 Å². The number of nitrogens with one attached hydrogen (secondary N) is 1. The van der Waals surface area contributed by atoms with Crippen molar-refractivity contribution in [1.29, 1.82) is 0 Å². The fourth-order valence-electron chi connectivity index (χ4n) is 3.78. The molecule has 126 valence electrons. The van der Waals surface area contributed by atoms with Crippen LogP contribution in [-0.2, 0) is 6.54 Å². The van der Waals surface area contributed by atoms with Crippen LogP contribution in [-0.4, -0.2) is 23.8 Å². The van der Waals surface area contributed by atoms with Crippen molar-refractivity contribution in [2.24, 2.45) is 0 Å². The lowest BCUT2D eigenvalue weighted by Crippen LogP contribution is -2.35. The molecule has 3 heterocycles. The summed E-state index contributed by atoms with van der Waals surface area (Å²) in [6.07, 6.45) is 0. The molecule has 3 aromatic rings. The number of amides is 1. The number of aryl methyl sites for hydroxylation is 1. The van der Waals surface area contributed by atoms with Crippen LogP contribution < -0.4 is 14.8 Å². The van der Waals surface area contributed by atoms with E-state index in [9.17, 15) is 4.79 Å². The molecule has 0 unspecified atom stereocenters. The zero-order valence-electron chi connectivity index (χ0n) is 13.6. The van der Waals surface area contributed by atoms with E-state index in [4.69, 9.17) is 21.1 Å². The van der Waals surface area contributed by atoms with Gasteiger partial charge in [-0.15, -0.1) is 0 Å². The lowest BCUT2D eigenvalue weighted by molar-refractivity contribution is 0.0928. The highest BCUT2D eigenvalue weighted by atomic mass is 35.5. The summed E-state index contributed by atoms with van der Waals surface area (Å²) in [5.74, 6) is 1.44. The molecule has 0 saturated heterocycles. The van der Waals surface area contributed by atoms with E-state index < -0.39 is 0 Å². The second kappa shape index (κ2) is 5.17. The number of hydrogen-bond donors (Lipinski definition) is 1. The zero-order chi connectivity index (χ0) is 17.1. The summed E-state index contributed by atoms with van der Waals surface area (Å²) < 4.78 is 13.0. The number of ether oxygens (including phenoxy) is 2. The Balaban J connectivity index is 1.84. The first-order valence-electron chi connectivity index (χ1n) is 8.14. The van der Waals surface area contributed by atoms with Crippen molar-refractivity contribution in [3.8, 4) is 22.6 Å². The number of aromatic nitrogens is 1. The number of nitrogens with zero attached hydrogens (tertiary/aromatic N) is 1. The maximum atomic E-state index is 12.4. The standard InChI is InChI=1S/C19H15ClN2O3/c1-10-13-7-12(20)8-14(11-2-3-15-16(6-11)25-9-24-15)18(13)22-5-4-21-19(23)17(10)22/h2-3,6-8H,4-5,9H2,1H3,(H,21,23). The molecule has 5 nitrogen and oxygen atoms in total. The predicted molar refractivity (Wildman–Crippen MR) is 95.6 cm³/mol. The van der Waals surface area contributed by atoms with Gasteiger partial charge >= 0.3 is 0 Å². The Bertz CT molecular complexity index is 1050. The molecule has 0 saturated carbocycles. The van der Waals surface area contributed by atoms with E-state index in [0.29, 0.717) is 17.3 Å². The maximum absolute atomic E-state index is 12.4. The lowest BCUT2D eigenvalue weighted by atomic mass is 10.0. The summed E-state index contributed by atoms with van der Waals surface area (Å²) >= 11 is 6.40. The van der Waals surface area contributed by atoms with E-state index in [1.165, 1.54) is 0 Å². The van der Waals surface area contributed by atoms with E-state index in [2.05, 4.69) is 9.88 Å². The van der Waals surface area contributed by atoms with E-state index in [1.54, 1.807) is 0 Å². The Morgan fingerprint density at radius 3 is 2.88 bits per heavy atom. The molecule has 2 aliphatic rings. The summed E-state index contributed by atoms with van der Waals surface area (Å²) in [6.45, 7) is 3.57. The van der Waals surface area contributed by atoms with Gasteiger partial charge in [0.2, 0.25) is 6.79 Å². The zero-order valence-corrected chi connectivity index (χ0v) is 14.3. The molecule has 0 spiro atoms. The molecule has 0 aliphatic carbocycles. The van der Waals surface area contributed by atoms with Crippen molar-refractivity contribution in [2.75, 3.05) is 13.3 Å². The normalized spacial score (nSPS) is 15.4. The van der Waals surface area contributed by atoms with E-state index in [1.807, 2.05) is 37.3 Å². The van der Waals surface area contributed by atoms with Gasteiger partial charge < -0.3 is 19.4 Å². The molecule has 1 amide bonds. The molecule has 0 bridgehead atoms. The number of benzene rings is 2. The Kier molecular flexibility index (Phi) is 3.03. The third kappa shape index (κ3) is 2.05. The van der Waals surface area contributed by atoms with Crippen LogP contribution in [0.25, 0.3) is 22.0 Å². The quantitative estimate of drug-likeness (QED) is 0.724. The van der Waals surface area contributed by atoms with Gasteiger partial charge in [-0.05, 0) is 42.3 Å². The largest absolute Gasteiger partial charge is 0.454 e. The summed E-state index contributed by atoms with van der Waals surface area (Å²) in [5, 5.41) is 4.57. The van der Waals surface area contributed by atoms with Gasteiger partial charge in [-0.2, -0.15) is 0 Å². The molecular weight excluding hydrogens is 340 g/mol. The number of carbonyl (C=O) groups is 1. The molecule has 2 aliphatic heterocycles. The SMILES string of the molecule is Cc1c2n(c3c(-c4ccc5c(c4)OCO5)cc(Cl)cc13)CCNC2=O. The number of fused-ring (bicyclic) bond motifs is 4. The summed E-state index contributed by atoms with van der Waals surface area (Å²) in [6, 6.07) is 9.74. The number of halogens is 1. The Morgan fingerprint density at radius 1 is 1.16 bits per heavy atom. The van der Waals surface area contributed by atoms with Gasteiger partial charge in [0.15, 0.2) is 11.5 Å². The fraction of sp³-hybridized carbons (Fsp3) is 0.211. The van der Waals surface area contributed by atoms with Gasteiger partial charge in [-0.1, -0.05) is 17.7 Å². The Morgan fingerprint density at radius 2 is 2.00 bits per heavy atom. The first kappa shape index (κ1) is 14.7. The third-order valence-corrected chi connectivity index (χ3v) is 5.11. The van der Waals surface area contributed by atoms with Crippen molar-refractivity contribution in [2.45, 2.75) is 13.5 Å². The van der Waals surface area contributed by atoms with Crippen LogP contribution >= 0.6 is 11.6 Å². The van der Waals surface area contributed by atoms with Gasteiger partial charge in [-0.3, -0.25) is 4.79 Å². The second-order valence-corrected chi connectivity index (χ2v) is 6.74. The third-order valence-electron chi connectivity index (χ3n) is 4.89. The van der Waals surface area contributed by atoms with Gasteiger partial charge in [-0.25, -0.2) is 0 Å². The Labute approximate surface area is 149 Å². The summed E-state index contributed by atoms with van der Waals surface area (Å²) in [5.41, 5.74) is 4.68. The average Bonchev–Trinajstić information content (AvgIpc) is 3.18. The van der Waals surface area contributed by atoms with Gasteiger partial charge in [0.25, 0.3) is 5.91 Å².